The van der Waals surface area contributed by atoms with Crippen LogP contribution in [0.15, 0.2) is 36.4 Å². The SMILES string of the molecule is Cc1cc(C2C3CC4(C(C)C)CC2(c2ccc(OC#N)c(C)c2)CC(C(C)(C)C)(C3)C4)ccc1OC#N. The lowest BCUT2D eigenvalue weighted by Gasteiger charge is -2.74. The number of hydrogen-bond acceptors (Lipinski definition) is 4. The van der Waals surface area contributed by atoms with Crippen LogP contribution in [-0.2, 0) is 5.41 Å². The van der Waals surface area contributed by atoms with Gasteiger partial charge in [0.2, 0.25) is 0 Å². The van der Waals surface area contributed by atoms with Gasteiger partial charge in [0.05, 0.1) is 0 Å². The molecule has 5 unspecified atom stereocenters. The van der Waals surface area contributed by atoms with Crippen LogP contribution in [0.1, 0.15) is 94.9 Å². The minimum atomic E-state index is -0.00303. The monoisotopic (exact) mass is 496 g/mol. The highest BCUT2D eigenvalue weighted by Crippen LogP contribution is 2.78. The minimum Gasteiger partial charge on any atom is -0.388 e. The molecule has 0 saturated heterocycles. The van der Waals surface area contributed by atoms with Gasteiger partial charge in [0.1, 0.15) is 11.5 Å². The Balaban J connectivity index is 1.74. The molecular weight excluding hydrogens is 456 g/mol. The summed E-state index contributed by atoms with van der Waals surface area (Å²) < 4.78 is 10.5. The van der Waals surface area contributed by atoms with E-state index in [9.17, 15) is 0 Å². The van der Waals surface area contributed by atoms with Crippen LogP contribution in [-0.4, -0.2) is 0 Å². The van der Waals surface area contributed by atoms with Crippen molar-refractivity contribution in [2.24, 2.45) is 28.1 Å². The summed E-state index contributed by atoms with van der Waals surface area (Å²) in [5, 5.41) is 18.2. The van der Waals surface area contributed by atoms with E-state index in [1.165, 1.54) is 43.2 Å². The van der Waals surface area contributed by atoms with Gasteiger partial charge in [-0.3, -0.25) is 0 Å². The van der Waals surface area contributed by atoms with Gasteiger partial charge in [-0.1, -0.05) is 58.9 Å². The molecule has 0 aliphatic heterocycles. The molecule has 37 heavy (non-hydrogen) atoms. The van der Waals surface area contributed by atoms with Crippen molar-refractivity contribution in [2.75, 3.05) is 0 Å². The highest BCUT2D eigenvalue weighted by Gasteiger charge is 2.70. The number of nitrogens with zero attached hydrogens (tertiary/aromatic N) is 2. The Morgan fingerprint density at radius 1 is 0.865 bits per heavy atom. The van der Waals surface area contributed by atoms with E-state index >= 15 is 0 Å². The summed E-state index contributed by atoms with van der Waals surface area (Å²) in [6.45, 7) is 16.4. The van der Waals surface area contributed by atoms with Crippen LogP contribution in [0, 0.1) is 65.0 Å². The molecule has 0 heterocycles. The lowest BCUT2D eigenvalue weighted by molar-refractivity contribution is -0.195. The zero-order valence-corrected chi connectivity index (χ0v) is 23.4. The van der Waals surface area contributed by atoms with E-state index < -0.39 is 0 Å². The summed E-state index contributed by atoms with van der Waals surface area (Å²) in [5.74, 6) is 2.89. The number of aryl methyl sites for hydroxylation is 2. The van der Waals surface area contributed by atoms with Crippen LogP contribution in [0.5, 0.6) is 11.5 Å². The van der Waals surface area contributed by atoms with Gasteiger partial charge in [-0.05, 0) is 114 Å². The highest BCUT2D eigenvalue weighted by atomic mass is 16.5. The molecule has 4 nitrogen and oxygen atoms in total. The number of rotatable bonds is 5. The minimum absolute atomic E-state index is 0.00303. The number of ether oxygens (including phenoxy) is 2. The first-order valence-corrected chi connectivity index (χ1v) is 13.7. The van der Waals surface area contributed by atoms with E-state index in [0.717, 1.165) is 11.1 Å². The fourth-order valence-electron chi connectivity index (χ4n) is 8.99. The summed E-state index contributed by atoms with van der Waals surface area (Å²) in [7, 11) is 0. The van der Waals surface area contributed by atoms with Crippen molar-refractivity contribution in [2.45, 2.75) is 91.9 Å². The first kappa shape index (κ1) is 25.7. The molecule has 194 valence electrons. The molecule has 4 bridgehead atoms. The quantitative estimate of drug-likeness (QED) is 0.390. The summed E-state index contributed by atoms with van der Waals surface area (Å²) in [5.41, 5.74) is 5.59. The Bertz CT molecular complexity index is 1310. The second-order valence-electron chi connectivity index (χ2n) is 13.8. The first-order valence-electron chi connectivity index (χ1n) is 13.7. The van der Waals surface area contributed by atoms with Gasteiger partial charge in [0, 0.05) is 5.41 Å². The lowest BCUT2D eigenvalue weighted by atomic mass is 9.30. The van der Waals surface area contributed by atoms with Crippen molar-refractivity contribution in [3.63, 3.8) is 0 Å². The van der Waals surface area contributed by atoms with E-state index in [0.29, 0.717) is 34.7 Å². The van der Waals surface area contributed by atoms with Crippen molar-refractivity contribution in [1.29, 1.82) is 10.5 Å². The molecule has 0 radical (unpaired) electrons. The summed E-state index contributed by atoms with van der Waals surface area (Å²) >= 11 is 0. The molecule has 0 spiro atoms. The van der Waals surface area contributed by atoms with E-state index in [1.807, 2.05) is 31.6 Å². The molecule has 4 aliphatic carbocycles. The highest BCUT2D eigenvalue weighted by molar-refractivity contribution is 5.48. The molecule has 0 N–H and O–H groups in total. The second-order valence-corrected chi connectivity index (χ2v) is 13.8. The predicted octanol–water partition coefficient (Wildman–Crippen LogP) is 8.33. The van der Waals surface area contributed by atoms with Crippen molar-refractivity contribution < 1.29 is 9.47 Å². The molecule has 0 aromatic heterocycles. The van der Waals surface area contributed by atoms with Gasteiger partial charge < -0.3 is 9.47 Å². The van der Waals surface area contributed by atoms with Gasteiger partial charge >= 0.3 is 0 Å². The molecule has 4 saturated carbocycles. The molecule has 0 amide bonds. The maximum Gasteiger partial charge on any atom is 0.292 e. The average Bonchev–Trinajstić information content (AvgIpc) is 2.81. The van der Waals surface area contributed by atoms with Crippen LogP contribution in [0.4, 0.5) is 0 Å². The maximum atomic E-state index is 9.14. The second kappa shape index (κ2) is 8.52. The van der Waals surface area contributed by atoms with Gasteiger partial charge in [-0.2, -0.15) is 0 Å². The van der Waals surface area contributed by atoms with Gasteiger partial charge in [0.25, 0.3) is 12.5 Å². The molecule has 4 fully saturated rings. The average molecular weight is 497 g/mol. The number of nitriles is 2. The van der Waals surface area contributed by atoms with Crippen molar-refractivity contribution >= 4 is 0 Å². The van der Waals surface area contributed by atoms with E-state index in [1.54, 1.807) is 0 Å². The van der Waals surface area contributed by atoms with Crippen LogP contribution >= 0.6 is 0 Å². The fourth-order valence-corrected chi connectivity index (χ4v) is 8.99. The van der Waals surface area contributed by atoms with Crippen molar-refractivity contribution in [1.82, 2.24) is 0 Å². The topological polar surface area (TPSA) is 66.0 Å². The third-order valence-corrected chi connectivity index (χ3v) is 10.8. The molecule has 2 aromatic carbocycles. The van der Waals surface area contributed by atoms with Crippen LogP contribution in [0.3, 0.4) is 0 Å². The number of hydrogen-bond donors (Lipinski definition) is 0. The summed E-state index contributed by atoms with van der Waals surface area (Å²) in [6.07, 6.45) is 9.90. The first-order chi connectivity index (χ1) is 17.4. The molecule has 2 aromatic rings. The van der Waals surface area contributed by atoms with Crippen molar-refractivity contribution in [3.8, 4) is 24.0 Å². The van der Waals surface area contributed by atoms with Crippen LogP contribution in [0.25, 0.3) is 0 Å². The molecule has 6 rings (SSSR count). The standard InChI is InChI=1S/C33H40N2O2/c1-21(2)31-14-25-15-32(16-31,30(5,6)7)18-33(17-31,26-9-11-28(37-20-35)23(4)13-26)29(25)24-8-10-27(36-19-34)22(3)12-24/h8-13,21,25,29H,14-18H2,1-7H3. The largest absolute Gasteiger partial charge is 0.388 e. The molecule has 4 aliphatic rings. The Labute approximate surface area is 222 Å². The lowest BCUT2D eigenvalue weighted by Crippen LogP contribution is -2.66. The Morgan fingerprint density at radius 3 is 2.03 bits per heavy atom. The molecule has 4 heteroatoms. The predicted molar refractivity (Wildman–Crippen MR) is 145 cm³/mol. The summed E-state index contributed by atoms with van der Waals surface area (Å²) in [4.78, 5) is 0. The summed E-state index contributed by atoms with van der Waals surface area (Å²) in [6, 6.07) is 13.0. The maximum absolute atomic E-state index is 9.14. The normalized spacial score (nSPS) is 32.2. The zero-order chi connectivity index (χ0) is 26.8. The number of benzene rings is 2. The van der Waals surface area contributed by atoms with E-state index in [-0.39, 0.29) is 16.2 Å². The zero-order valence-electron chi connectivity index (χ0n) is 23.4. The molecule has 5 atom stereocenters. The van der Waals surface area contributed by atoms with Crippen LogP contribution < -0.4 is 9.47 Å². The van der Waals surface area contributed by atoms with Gasteiger partial charge in [0.15, 0.2) is 0 Å². The van der Waals surface area contributed by atoms with Crippen molar-refractivity contribution in [3.05, 3.63) is 58.7 Å². The smallest absolute Gasteiger partial charge is 0.292 e. The third kappa shape index (κ3) is 3.75. The van der Waals surface area contributed by atoms with E-state index in [2.05, 4.69) is 65.8 Å². The van der Waals surface area contributed by atoms with Gasteiger partial charge in [-0.15, -0.1) is 10.5 Å². The Kier molecular flexibility index (Phi) is 5.91. The van der Waals surface area contributed by atoms with E-state index in [4.69, 9.17) is 20.0 Å². The molecular formula is C33H40N2O2. The Hall–Kier alpha value is -2.98. The van der Waals surface area contributed by atoms with Gasteiger partial charge in [-0.25, -0.2) is 0 Å². The van der Waals surface area contributed by atoms with Crippen LogP contribution in [0.2, 0.25) is 0 Å². The Morgan fingerprint density at radius 2 is 1.49 bits per heavy atom. The third-order valence-electron chi connectivity index (χ3n) is 10.8. The fraction of sp³-hybridized carbons (Fsp3) is 0.576.